The summed E-state index contributed by atoms with van der Waals surface area (Å²) >= 11 is 0. The highest BCUT2D eigenvalue weighted by Crippen LogP contribution is 2.34. The molecule has 0 spiro atoms. The molecule has 2 N–H and O–H groups in total. The summed E-state index contributed by atoms with van der Waals surface area (Å²) in [7, 11) is 0. The molecule has 0 bridgehead atoms. The fourth-order valence-electron chi connectivity index (χ4n) is 2.31. The highest BCUT2D eigenvalue weighted by molar-refractivity contribution is 5.67. The Hall–Kier alpha value is -2.04. The smallest absolute Gasteiger partial charge is 0.178 e. The first-order chi connectivity index (χ1) is 11.9. The molecule has 0 saturated heterocycles. The van der Waals surface area contributed by atoms with E-state index in [1.165, 1.54) is 0 Å². The second-order valence-electron chi connectivity index (χ2n) is 7.07. The van der Waals surface area contributed by atoms with Gasteiger partial charge in [-0.15, -0.1) is 0 Å². The fourth-order valence-corrected chi connectivity index (χ4v) is 2.31. The van der Waals surface area contributed by atoms with Gasteiger partial charge in [0.1, 0.15) is 0 Å². The molecule has 0 heterocycles. The van der Waals surface area contributed by atoms with Gasteiger partial charge in [-0.1, -0.05) is 52.0 Å². The highest BCUT2D eigenvalue weighted by Gasteiger charge is 2.11. The lowest BCUT2D eigenvalue weighted by Crippen LogP contribution is -2.09. The highest BCUT2D eigenvalue weighted by atomic mass is 16.5. The van der Waals surface area contributed by atoms with Gasteiger partial charge in [0.25, 0.3) is 0 Å². The predicted molar refractivity (Wildman–Crippen MR) is 99.7 cm³/mol. The first kappa shape index (κ1) is 19.3. The minimum atomic E-state index is -1.48. The Morgan fingerprint density at radius 2 is 1.36 bits per heavy atom. The van der Waals surface area contributed by atoms with Crippen LogP contribution in [0.4, 0.5) is 0 Å². The molecule has 136 valence electrons. The van der Waals surface area contributed by atoms with Gasteiger partial charge >= 0.3 is 0 Å². The van der Waals surface area contributed by atoms with Crippen LogP contribution in [-0.4, -0.2) is 23.4 Å². The van der Waals surface area contributed by atoms with Gasteiger partial charge in [-0.2, -0.15) is 0 Å². The van der Waals surface area contributed by atoms with Crippen molar-refractivity contribution >= 4 is 0 Å². The number of ether oxygens (including phenoxy) is 2. The summed E-state index contributed by atoms with van der Waals surface area (Å²) in [6, 6.07) is 13.0. The Morgan fingerprint density at radius 1 is 0.760 bits per heavy atom. The van der Waals surface area contributed by atoms with Crippen LogP contribution in [0.1, 0.15) is 39.5 Å². The van der Waals surface area contributed by atoms with Gasteiger partial charge in [0.2, 0.25) is 0 Å². The molecule has 2 rings (SSSR count). The molecule has 0 atom stereocenters. The maximum atomic E-state index is 9.37. The molecule has 25 heavy (non-hydrogen) atoms. The molecule has 0 unspecified atom stereocenters. The number of benzene rings is 2. The fraction of sp³-hybridized carbons (Fsp3) is 0.429. The second kappa shape index (κ2) is 8.88. The molecule has 0 amide bonds. The van der Waals surface area contributed by atoms with E-state index in [4.69, 9.17) is 9.47 Å². The zero-order valence-electron chi connectivity index (χ0n) is 15.4. The van der Waals surface area contributed by atoms with E-state index in [1.807, 2.05) is 30.3 Å². The van der Waals surface area contributed by atoms with Crippen molar-refractivity contribution < 1.29 is 19.7 Å². The summed E-state index contributed by atoms with van der Waals surface area (Å²) < 4.78 is 11.8. The molecule has 0 aliphatic carbocycles. The minimum Gasteiger partial charge on any atom is -0.489 e. The number of aliphatic hydroxyl groups is 2. The molecule has 0 aliphatic heterocycles. The topological polar surface area (TPSA) is 58.9 Å². The van der Waals surface area contributed by atoms with Gasteiger partial charge in [-0.25, -0.2) is 0 Å². The van der Waals surface area contributed by atoms with Gasteiger partial charge in [-0.3, -0.25) is 0 Å². The maximum Gasteiger partial charge on any atom is 0.178 e. The van der Waals surface area contributed by atoms with Crippen LogP contribution in [-0.2, 0) is 0 Å². The summed E-state index contributed by atoms with van der Waals surface area (Å²) in [4.78, 5) is 0. The Bertz CT molecular complexity index is 677. The largest absolute Gasteiger partial charge is 0.489 e. The SMILES string of the molecule is CC(C)COc1ccc(-c2cccc(C(O)O)c2)cc1OCC(C)C. The van der Waals surface area contributed by atoms with Crippen molar-refractivity contribution in [3.05, 3.63) is 48.0 Å². The Kier molecular flexibility index (Phi) is 6.85. The van der Waals surface area contributed by atoms with Crippen molar-refractivity contribution in [1.82, 2.24) is 0 Å². The van der Waals surface area contributed by atoms with Crippen LogP contribution in [0.15, 0.2) is 42.5 Å². The van der Waals surface area contributed by atoms with E-state index in [0.717, 1.165) is 16.9 Å². The molecule has 2 aromatic rings. The Balaban J connectivity index is 2.32. The summed E-state index contributed by atoms with van der Waals surface area (Å²) in [6.45, 7) is 9.65. The summed E-state index contributed by atoms with van der Waals surface area (Å²) in [5.74, 6) is 2.29. The third-order valence-corrected chi connectivity index (χ3v) is 3.61. The number of rotatable bonds is 8. The quantitative estimate of drug-likeness (QED) is 0.697. The van der Waals surface area contributed by atoms with Crippen molar-refractivity contribution in [2.75, 3.05) is 13.2 Å². The third-order valence-electron chi connectivity index (χ3n) is 3.61. The normalized spacial score (nSPS) is 11.4. The predicted octanol–water partition coefficient (Wildman–Crippen LogP) is 4.41. The van der Waals surface area contributed by atoms with Crippen molar-refractivity contribution in [1.29, 1.82) is 0 Å². The van der Waals surface area contributed by atoms with E-state index >= 15 is 0 Å². The molecule has 4 nitrogen and oxygen atoms in total. The van der Waals surface area contributed by atoms with Crippen LogP contribution >= 0.6 is 0 Å². The average Bonchev–Trinajstić information content (AvgIpc) is 2.58. The Labute approximate surface area is 150 Å². The molecule has 0 aromatic heterocycles. The van der Waals surface area contributed by atoms with E-state index in [1.54, 1.807) is 12.1 Å². The lowest BCUT2D eigenvalue weighted by Gasteiger charge is -2.17. The molecule has 0 fully saturated rings. The van der Waals surface area contributed by atoms with Crippen LogP contribution in [0.2, 0.25) is 0 Å². The molecule has 4 heteroatoms. The van der Waals surface area contributed by atoms with Crippen LogP contribution in [0.3, 0.4) is 0 Å². The zero-order chi connectivity index (χ0) is 18.4. The van der Waals surface area contributed by atoms with Gasteiger partial charge in [0, 0.05) is 5.56 Å². The van der Waals surface area contributed by atoms with Crippen LogP contribution in [0.5, 0.6) is 11.5 Å². The summed E-state index contributed by atoms with van der Waals surface area (Å²) in [6.07, 6.45) is -1.48. The maximum absolute atomic E-state index is 9.37. The average molecular weight is 344 g/mol. The lowest BCUT2D eigenvalue weighted by atomic mass is 10.0. The van der Waals surface area contributed by atoms with E-state index in [9.17, 15) is 10.2 Å². The van der Waals surface area contributed by atoms with Crippen LogP contribution in [0.25, 0.3) is 11.1 Å². The van der Waals surface area contributed by atoms with E-state index in [-0.39, 0.29) is 0 Å². The Morgan fingerprint density at radius 3 is 1.96 bits per heavy atom. The standard InChI is InChI=1S/C21H28O4/c1-14(2)12-24-19-9-8-17(11-20(19)25-13-15(3)4)16-6-5-7-18(10-16)21(22)23/h5-11,14-15,21-23H,12-13H2,1-4H3. The molecule has 2 aromatic carbocycles. The van der Waals surface area contributed by atoms with Crippen molar-refractivity contribution in [3.8, 4) is 22.6 Å². The summed E-state index contributed by atoms with van der Waals surface area (Å²) in [5.41, 5.74) is 2.30. The third kappa shape index (κ3) is 5.76. The van der Waals surface area contributed by atoms with E-state index in [2.05, 4.69) is 27.7 Å². The number of aliphatic hydroxyl groups excluding tert-OH is 1. The van der Waals surface area contributed by atoms with Crippen molar-refractivity contribution in [3.63, 3.8) is 0 Å². The van der Waals surface area contributed by atoms with E-state index < -0.39 is 6.29 Å². The summed E-state index contributed by atoms with van der Waals surface area (Å²) in [5, 5.41) is 18.7. The van der Waals surface area contributed by atoms with Gasteiger partial charge in [-0.05, 0) is 41.2 Å². The van der Waals surface area contributed by atoms with Gasteiger partial charge < -0.3 is 19.7 Å². The van der Waals surface area contributed by atoms with Crippen LogP contribution in [0, 0.1) is 11.8 Å². The van der Waals surface area contributed by atoms with E-state index in [0.29, 0.717) is 36.4 Å². The molecular weight excluding hydrogens is 316 g/mol. The zero-order valence-corrected chi connectivity index (χ0v) is 15.4. The first-order valence-corrected chi connectivity index (χ1v) is 8.73. The minimum absolute atomic E-state index is 0.412. The van der Waals surface area contributed by atoms with Crippen molar-refractivity contribution in [2.45, 2.75) is 34.0 Å². The van der Waals surface area contributed by atoms with Gasteiger partial charge in [0.15, 0.2) is 17.8 Å². The second-order valence-corrected chi connectivity index (χ2v) is 7.07. The molecule has 0 aliphatic rings. The van der Waals surface area contributed by atoms with Crippen LogP contribution < -0.4 is 9.47 Å². The lowest BCUT2D eigenvalue weighted by molar-refractivity contribution is -0.0424. The monoisotopic (exact) mass is 344 g/mol. The van der Waals surface area contributed by atoms with Gasteiger partial charge in [0.05, 0.1) is 13.2 Å². The number of hydrogen-bond donors (Lipinski definition) is 2. The van der Waals surface area contributed by atoms with Crippen molar-refractivity contribution in [2.24, 2.45) is 11.8 Å². The first-order valence-electron chi connectivity index (χ1n) is 8.73. The molecule has 0 radical (unpaired) electrons. The number of hydrogen-bond acceptors (Lipinski definition) is 4. The molecule has 0 saturated carbocycles. The molecular formula is C21H28O4.